The number of aryl methyl sites for hydroxylation is 2. The van der Waals surface area contributed by atoms with Crippen LogP contribution in [-0.4, -0.2) is 32.8 Å². The van der Waals surface area contributed by atoms with E-state index in [2.05, 4.69) is 4.72 Å². The fourth-order valence-corrected chi connectivity index (χ4v) is 3.26. The number of nitrogens with one attached hydrogen (secondary N) is 1. The van der Waals surface area contributed by atoms with Crippen LogP contribution in [0, 0.1) is 13.8 Å². The van der Waals surface area contributed by atoms with Crippen molar-refractivity contribution in [2.75, 3.05) is 13.6 Å². The number of carbonyl (C=O) groups excluding carboxylic acids is 1. The van der Waals surface area contributed by atoms with Crippen molar-refractivity contribution in [2.45, 2.75) is 25.3 Å². The highest BCUT2D eigenvalue weighted by Crippen LogP contribution is 2.14. The minimum absolute atomic E-state index is 0.170. The Morgan fingerprint density at radius 3 is 2.33 bits per heavy atom. The third kappa shape index (κ3) is 4.66. The number of rotatable bonds is 6. The second-order valence-corrected chi connectivity index (χ2v) is 7.57. The zero-order valence-electron chi connectivity index (χ0n) is 14.1. The summed E-state index contributed by atoms with van der Waals surface area (Å²) in [5, 5.41) is 0. The van der Waals surface area contributed by atoms with Gasteiger partial charge in [-0.25, -0.2) is 13.1 Å². The van der Waals surface area contributed by atoms with E-state index in [0.717, 1.165) is 16.7 Å². The van der Waals surface area contributed by atoms with E-state index in [1.54, 1.807) is 25.2 Å². The lowest BCUT2D eigenvalue weighted by molar-refractivity contribution is -0.129. The van der Waals surface area contributed by atoms with Gasteiger partial charge in [0.15, 0.2) is 0 Å². The first-order valence-electron chi connectivity index (χ1n) is 7.64. The van der Waals surface area contributed by atoms with Crippen LogP contribution in [0.2, 0.25) is 0 Å². The first-order chi connectivity index (χ1) is 11.3. The maximum Gasteiger partial charge on any atom is 0.241 e. The SMILES string of the molecule is Cc1ccc(S(=O)(=O)NCC(=O)N(C)Cc2ccccc2)cc1C. The lowest BCUT2D eigenvalue weighted by Gasteiger charge is -2.17. The number of benzene rings is 2. The number of carbonyl (C=O) groups is 1. The normalized spacial score (nSPS) is 11.3. The zero-order chi connectivity index (χ0) is 17.7. The average molecular weight is 346 g/mol. The zero-order valence-corrected chi connectivity index (χ0v) is 14.9. The molecule has 1 amide bonds. The van der Waals surface area contributed by atoms with E-state index in [1.807, 2.05) is 44.2 Å². The van der Waals surface area contributed by atoms with E-state index in [4.69, 9.17) is 0 Å². The fourth-order valence-electron chi connectivity index (χ4n) is 2.20. The molecule has 2 aromatic rings. The molecule has 0 atom stereocenters. The Balaban J connectivity index is 1.98. The van der Waals surface area contributed by atoms with Crippen molar-refractivity contribution in [3.8, 4) is 0 Å². The summed E-state index contributed by atoms with van der Waals surface area (Å²) in [7, 11) is -2.05. The summed E-state index contributed by atoms with van der Waals surface area (Å²) < 4.78 is 27.0. The third-order valence-corrected chi connectivity index (χ3v) is 5.29. The number of sulfonamides is 1. The van der Waals surface area contributed by atoms with E-state index in [0.29, 0.717) is 6.54 Å². The van der Waals surface area contributed by atoms with Crippen LogP contribution in [0.25, 0.3) is 0 Å². The molecule has 5 nitrogen and oxygen atoms in total. The highest BCUT2D eigenvalue weighted by molar-refractivity contribution is 7.89. The van der Waals surface area contributed by atoms with E-state index < -0.39 is 10.0 Å². The maximum absolute atomic E-state index is 12.3. The molecule has 0 aliphatic carbocycles. The summed E-state index contributed by atoms with van der Waals surface area (Å²) >= 11 is 0. The molecule has 0 aromatic heterocycles. The van der Waals surface area contributed by atoms with Crippen LogP contribution in [-0.2, 0) is 21.4 Å². The molecule has 2 aromatic carbocycles. The summed E-state index contributed by atoms with van der Waals surface area (Å²) in [6, 6.07) is 14.5. The first-order valence-corrected chi connectivity index (χ1v) is 9.13. The minimum Gasteiger partial charge on any atom is -0.340 e. The number of amides is 1. The molecule has 0 bridgehead atoms. The molecule has 0 aliphatic rings. The van der Waals surface area contributed by atoms with Gasteiger partial charge in [0.1, 0.15) is 0 Å². The van der Waals surface area contributed by atoms with Crippen LogP contribution in [0.1, 0.15) is 16.7 Å². The van der Waals surface area contributed by atoms with Crippen LogP contribution in [0.3, 0.4) is 0 Å². The standard InChI is InChI=1S/C18H22N2O3S/c1-14-9-10-17(11-15(14)2)24(22,23)19-12-18(21)20(3)13-16-7-5-4-6-8-16/h4-11,19H,12-13H2,1-3H3. The van der Waals surface area contributed by atoms with Crippen molar-refractivity contribution >= 4 is 15.9 Å². The fraction of sp³-hybridized carbons (Fsp3) is 0.278. The molecule has 0 saturated heterocycles. The second-order valence-electron chi connectivity index (χ2n) is 5.81. The highest BCUT2D eigenvalue weighted by Gasteiger charge is 2.17. The molecular formula is C18H22N2O3S. The van der Waals surface area contributed by atoms with Crippen molar-refractivity contribution in [1.29, 1.82) is 0 Å². The van der Waals surface area contributed by atoms with Gasteiger partial charge in [0.2, 0.25) is 15.9 Å². The van der Waals surface area contributed by atoms with Crippen LogP contribution >= 0.6 is 0 Å². The van der Waals surface area contributed by atoms with Gasteiger partial charge in [0.05, 0.1) is 11.4 Å². The minimum atomic E-state index is -3.70. The molecule has 0 radical (unpaired) electrons. The Morgan fingerprint density at radius 2 is 1.71 bits per heavy atom. The molecule has 128 valence electrons. The number of hydrogen-bond acceptors (Lipinski definition) is 3. The van der Waals surface area contributed by atoms with Gasteiger partial charge in [0, 0.05) is 13.6 Å². The van der Waals surface area contributed by atoms with Crippen molar-refractivity contribution in [3.63, 3.8) is 0 Å². The van der Waals surface area contributed by atoms with Crippen molar-refractivity contribution < 1.29 is 13.2 Å². The summed E-state index contributed by atoms with van der Waals surface area (Å²) in [6.45, 7) is 3.94. The molecule has 0 heterocycles. The quantitative estimate of drug-likeness (QED) is 0.872. The van der Waals surface area contributed by atoms with Gasteiger partial charge in [-0.15, -0.1) is 0 Å². The molecule has 0 fully saturated rings. The molecule has 0 saturated carbocycles. The van der Waals surface area contributed by atoms with Gasteiger partial charge in [-0.3, -0.25) is 4.79 Å². The molecule has 0 spiro atoms. The number of likely N-dealkylation sites (N-methyl/N-ethyl adjacent to an activating group) is 1. The van der Waals surface area contributed by atoms with Crippen LogP contribution < -0.4 is 4.72 Å². The summed E-state index contributed by atoms with van der Waals surface area (Å²) in [5.41, 5.74) is 2.91. The van der Waals surface area contributed by atoms with Gasteiger partial charge in [-0.2, -0.15) is 0 Å². The average Bonchev–Trinajstić information content (AvgIpc) is 2.56. The lowest BCUT2D eigenvalue weighted by Crippen LogP contribution is -2.37. The van der Waals surface area contributed by atoms with E-state index in [1.165, 1.54) is 4.90 Å². The number of hydrogen-bond donors (Lipinski definition) is 1. The van der Waals surface area contributed by atoms with E-state index >= 15 is 0 Å². The topological polar surface area (TPSA) is 66.5 Å². The molecule has 0 unspecified atom stereocenters. The molecule has 0 aliphatic heterocycles. The van der Waals surface area contributed by atoms with Crippen molar-refractivity contribution in [3.05, 3.63) is 65.2 Å². The Kier molecular flexibility index (Phi) is 5.75. The molecular weight excluding hydrogens is 324 g/mol. The molecule has 1 N–H and O–H groups in total. The van der Waals surface area contributed by atoms with Gasteiger partial charge in [-0.05, 0) is 42.7 Å². The van der Waals surface area contributed by atoms with Crippen LogP contribution in [0.4, 0.5) is 0 Å². The van der Waals surface area contributed by atoms with Crippen LogP contribution in [0.15, 0.2) is 53.4 Å². The van der Waals surface area contributed by atoms with E-state index in [-0.39, 0.29) is 17.3 Å². The summed E-state index contributed by atoms with van der Waals surface area (Å²) in [5.74, 6) is -0.286. The van der Waals surface area contributed by atoms with Gasteiger partial charge in [0.25, 0.3) is 0 Å². The Bertz CT molecular complexity index is 817. The monoisotopic (exact) mass is 346 g/mol. The Labute approximate surface area is 143 Å². The highest BCUT2D eigenvalue weighted by atomic mass is 32.2. The first kappa shape index (κ1) is 18.2. The largest absolute Gasteiger partial charge is 0.340 e. The summed E-state index contributed by atoms with van der Waals surface area (Å²) in [4.78, 5) is 13.8. The van der Waals surface area contributed by atoms with Crippen molar-refractivity contribution in [1.82, 2.24) is 9.62 Å². The third-order valence-electron chi connectivity index (χ3n) is 3.89. The predicted molar refractivity (Wildman–Crippen MR) is 94.0 cm³/mol. The Hall–Kier alpha value is -2.18. The van der Waals surface area contributed by atoms with Gasteiger partial charge < -0.3 is 4.90 Å². The van der Waals surface area contributed by atoms with E-state index in [9.17, 15) is 13.2 Å². The lowest BCUT2D eigenvalue weighted by atomic mass is 10.1. The van der Waals surface area contributed by atoms with Crippen LogP contribution in [0.5, 0.6) is 0 Å². The summed E-state index contributed by atoms with van der Waals surface area (Å²) in [6.07, 6.45) is 0. The van der Waals surface area contributed by atoms with Gasteiger partial charge in [-0.1, -0.05) is 36.4 Å². The predicted octanol–water partition coefficient (Wildman–Crippen LogP) is 2.24. The Morgan fingerprint density at radius 1 is 1.04 bits per heavy atom. The smallest absolute Gasteiger partial charge is 0.241 e. The molecule has 2 rings (SSSR count). The number of nitrogens with zero attached hydrogens (tertiary/aromatic N) is 1. The maximum atomic E-state index is 12.3. The van der Waals surface area contributed by atoms with Crippen molar-refractivity contribution in [2.24, 2.45) is 0 Å². The molecule has 6 heteroatoms. The second kappa shape index (κ2) is 7.59. The molecule has 24 heavy (non-hydrogen) atoms. The van der Waals surface area contributed by atoms with Gasteiger partial charge >= 0.3 is 0 Å².